The maximum atomic E-state index is 11.8. The van der Waals surface area contributed by atoms with E-state index in [1.807, 2.05) is 20.9 Å². The lowest BCUT2D eigenvalue weighted by Crippen LogP contribution is -2.39. The van der Waals surface area contributed by atoms with Crippen molar-refractivity contribution in [1.82, 2.24) is 9.88 Å². The van der Waals surface area contributed by atoms with E-state index in [4.69, 9.17) is 5.73 Å². The standard InChI is InChI=1S/C12H21N3OS/c1-9(7-13)15(3)12(16)6-4-5-11-8-17-10(2)14-11/h8-9H,4-7,13H2,1-3H3. The van der Waals surface area contributed by atoms with Crippen molar-refractivity contribution in [1.29, 1.82) is 0 Å². The number of amides is 1. The topological polar surface area (TPSA) is 59.2 Å². The molecule has 96 valence electrons. The van der Waals surface area contributed by atoms with Gasteiger partial charge in [0.2, 0.25) is 5.91 Å². The van der Waals surface area contributed by atoms with E-state index in [1.54, 1.807) is 16.2 Å². The molecule has 0 spiro atoms. The molecule has 1 heterocycles. The van der Waals surface area contributed by atoms with Gasteiger partial charge < -0.3 is 10.6 Å². The molecule has 0 aliphatic carbocycles. The zero-order valence-corrected chi connectivity index (χ0v) is 11.6. The Morgan fingerprint density at radius 3 is 2.88 bits per heavy atom. The zero-order valence-electron chi connectivity index (χ0n) is 10.8. The summed E-state index contributed by atoms with van der Waals surface area (Å²) in [5.41, 5.74) is 6.62. The summed E-state index contributed by atoms with van der Waals surface area (Å²) in [6.07, 6.45) is 2.29. The lowest BCUT2D eigenvalue weighted by Gasteiger charge is -2.23. The SMILES string of the molecule is Cc1nc(CCCC(=O)N(C)C(C)CN)cs1. The van der Waals surface area contributed by atoms with Crippen LogP contribution in [0.1, 0.15) is 30.5 Å². The summed E-state index contributed by atoms with van der Waals surface area (Å²) in [5, 5.41) is 3.15. The molecule has 4 nitrogen and oxygen atoms in total. The minimum absolute atomic E-state index is 0.115. The highest BCUT2D eigenvalue weighted by atomic mass is 32.1. The molecule has 1 atom stereocenters. The normalized spacial score (nSPS) is 12.5. The monoisotopic (exact) mass is 255 g/mol. The predicted octanol–water partition coefficient (Wildman–Crippen LogP) is 1.58. The van der Waals surface area contributed by atoms with Crippen LogP contribution in [0.5, 0.6) is 0 Å². The van der Waals surface area contributed by atoms with Crippen molar-refractivity contribution < 1.29 is 4.79 Å². The molecule has 0 fully saturated rings. The molecule has 0 aliphatic heterocycles. The number of carbonyl (C=O) groups is 1. The van der Waals surface area contributed by atoms with Crippen LogP contribution in [0.3, 0.4) is 0 Å². The molecular weight excluding hydrogens is 234 g/mol. The Labute approximate surface area is 107 Å². The second-order valence-electron chi connectivity index (χ2n) is 4.30. The fourth-order valence-corrected chi connectivity index (χ4v) is 2.17. The number of thiazole rings is 1. The molecule has 1 unspecified atom stereocenters. The first kappa shape index (κ1) is 14.1. The molecule has 0 saturated heterocycles. The van der Waals surface area contributed by atoms with Crippen molar-refractivity contribution >= 4 is 17.2 Å². The summed E-state index contributed by atoms with van der Waals surface area (Å²) >= 11 is 1.66. The molecular formula is C12H21N3OS. The summed E-state index contributed by atoms with van der Waals surface area (Å²) in [5.74, 6) is 0.162. The zero-order chi connectivity index (χ0) is 12.8. The van der Waals surface area contributed by atoms with Crippen LogP contribution in [-0.4, -0.2) is 35.4 Å². The van der Waals surface area contributed by atoms with Crippen LogP contribution >= 0.6 is 11.3 Å². The number of aromatic nitrogens is 1. The summed E-state index contributed by atoms with van der Waals surface area (Å²) < 4.78 is 0. The van der Waals surface area contributed by atoms with E-state index in [2.05, 4.69) is 10.4 Å². The fraction of sp³-hybridized carbons (Fsp3) is 0.667. The Hall–Kier alpha value is -0.940. The Bertz CT molecular complexity index is 364. The van der Waals surface area contributed by atoms with Crippen molar-refractivity contribution in [3.63, 3.8) is 0 Å². The number of nitrogens with zero attached hydrogens (tertiary/aromatic N) is 2. The maximum absolute atomic E-state index is 11.8. The molecule has 17 heavy (non-hydrogen) atoms. The highest BCUT2D eigenvalue weighted by Crippen LogP contribution is 2.11. The number of likely N-dealkylation sites (N-methyl/N-ethyl adjacent to an activating group) is 1. The number of aryl methyl sites for hydroxylation is 2. The minimum Gasteiger partial charge on any atom is -0.342 e. The molecule has 1 amide bonds. The van der Waals surface area contributed by atoms with Crippen LogP contribution < -0.4 is 5.73 Å². The molecule has 0 bridgehead atoms. The van der Waals surface area contributed by atoms with Gasteiger partial charge in [0.05, 0.1) is 10.7 Å². The van der Waals surface area contributed by atoms with Crippen LogP contribution in [0.2, 0.25) is 0 Å². The first-order valence-corrected chi connectivity index (χ1v) is 6.79. The number of nitrogens with two attached hydrogens (primary N) is 1. The van der Waals surface area contributed by atoms with Gasteiger partial charge in [-0.2, -0.15) is 0 Å². The number of carbonyl (C=O) groups excluding carboxylic acids is 1. The van der Waals surface area contributed by atoms with Crippen LogP contribution in [0.25, 0.3) is 0 Å². The van der Waals surface area contributed by atoms with Gasteiger partial charge in [-0.3, -0.25) is 4.79 Å². The first-order valence-electron chi connectivity index (χ1n) is 5.91. The van der Waals surface area contributed by atoms with Gasteiger partial charge in [0.15, 0.2) is 0 Å². The van der Waals surface area contributed by atoms with Gasteiger partial charge in [0.1, 0.15) is 0 Å². The third-order valence-electron chi connectivity index (χ3n) is 2.89. The van der Waals surface area contributed by atoms with Gasteiger partial charge in [-0.05, 0) is 26.7 Å². The second kappa shape index (κ2) is 6.71. The second-order valence-corrected chi connectivity index (χ2v) is 5.36. The molecule has 0 aromatic carbocycles. The Balaban J connectivity index is 2.29. The van der Waals surface area contributed by atoms with E-state index in [-0.39, 0.29) is 11.9 Å². The summed E-state index contributed by atoms with van der Waals surface area (Å²) in [7, 11) is 1.81. The maximum Gasteiger partial charge on any atom is 0.222 e. The minimum atomic E-state index is 0.115. The van der Waals surface area contributed by atoms with Crippen molar-refractivity contribution in [3.8, 4) is 0 Å². The molecule has 1 rings (SSSR count). The Morgan fingerprint density at radius 1 is 1.65 bits per heavy atom. The summed E-state index contributed by atoms with van der Waals surface area (Å²) in [4.78, 5) is 17.9. The van der Waals surface area contributed by atoms with E-state index in [0.29, 0.717) is 13.0 Å². The van der Waals surface area contributed by atoms with Crippen LogP contribution in [0, 0.1) is 6.92 Å². The molecule has 5 heteroatoms. The average molecular weight is 255 g/mol. The Morgan fingerprint density at radius 2 is 2.35 bits per heavy atom. The van der Waals surface area contributed by atoms with Crippen molar-refractivity contribution in [3.05, 3.63) is 16.1 Å². The number of rotatable bonds is 6. The number of hydrogen-bond acceptors (Lipinski definition) is 4. The predicted molar refractivity (Wildman–Crippen MR) is 71.1 cm³/mol. The van der Waals surface area contributed by atoms with E-state index in [1.165, 1.54) is 0 Å². The van der Waals surface area contributed by atoms with Crippen molar-refractivity contribution in [2.75, 3.05) is 13.6 Å². The van der Waals surface area contributed by atoms with Gasteiger partial charge in [0, 0.05) is 31.4 Å². The first-order chi connectivity index (χ1) is 8.04. The van der Waals surface area contributed by atoms with Gasteiger partial charge in [-0.25, -0.2) is 4.98 Å². The summed E-state index contributed by atoms with van der Waals surface area (Å²) in [6.45, 7) is 4.46. The van der Waals surface area contributed by atoms with Crippen molar-refractivity contribution in [2.45, 2.75) is 39.2 Å². The van der Waals surface area contributed by atoms with Crippen molar-refractivity contribution in [2.24, 2.45) is 5.73 Å². The third-order valence-corrected chi connectivity index (χ3v) is 3.71. The number of hydrogen-bond donors (Lipinski definition) is 1. The fourth-order valence-electron chi connectivity index (χ4n) is 1.52. The largest absolute Gasteiger partial charge is 0.342 e. The lowest BCUT2D eigenvalue weighted by molar-refractivity contribution is -0.131. The molecule has 2 N–H and O–H groups in total. The highest BCUT2D eigenvalue weighted by Gasteiger charge is 2.13. The van der Waals surface area contributed by atoms with E-state index < -0.39 is 0 Å². The van der Waals surface area contributed by atoms with Gasteiger partial charge in [0.25, 0.3) is 0 Å². The summed E-state index contributed by atoms with van der Waals surface area (Å²) in [6, 6.07) is 0.115. The molecule has 1 aromatic rings. The average Bonchev–Trinajstić information content (AvgIpc) is 2.72. The smallest absolute Gasteiger partial charge is 0.222 e. The quantitative estimate of drug-likeness (QED) is 0.839. The molecule has 0 saturated carbocycles. The molecule has 1 aromatic heterocycles. The van der Waals surface area contributed by atoms with Gasteiger partial charge in [-0.1, -0.05) is 0 Å². The van der Waals surface area contributed by atoms with E-state index in [9.17, 15) is 4.79 Å². The molecule has 0 aliphatic rings. The van der Waals surface area contributed by atoms with Gasteiger partial charge >= 0.3 is 0 Å². The molecule has 0 radical (unpaired) electrons. The van der Waals surface area contributed by atoms with Crippen LogP contribution in [0.4, 0.5) is 0 Å². The lowest BCUT2D eigenvalue weighted by atomic mass is 10.2. The van der Waals surface area contributed by atoms with E-state index >= 15 is 0 Å². The highest BCUT2D eigenvalue weighted by molar-refractivity contribution is 7.09. The van der Waals surface area contributed by atoms with Crippen LogP contribution in [-0.2, 0) is 11.2 Å². The third kappa shape index (κ3) is 4.44. The Kier molecular flexibility index (Phi) is 5.58. The van der Waals surface area contributed by atoms with Crippen LogP contribution in [0.15, 0.2) is 5.38 Å². The van der Waals surface area contributed by atoms with Gasteiger partial charge in [-0.15, -0.1) is 11.3 Å². The van der Waals surface area contributed by atoms with E-state index in [0.717, 1.165) is 23.5 Å².